The van der Waals surface area contributed by atoms with E-state index in [2.05, 4.69) is 0 Å². The van der Waals surface area contributed by atoms with Gasteiger partial charge in [0.2, 0.25) is 0 Å². The van der Waals surface area contributed by atoms with Gasteiger partial charge in [-0.15, -0.1) is 0 Å². The second-order valence-corrected chi connectivity index (χ2v) is 5.72. The molecule has 0 fully saturated rings. The molecule has 0 spiro atoms. The minimum atomic E-state index is -0.842. The monoisotopic (exact) mass is 322 g/mol. The Morgan fingerprint density at radius 1 is 1.26 bits per heavy atom. The fourth-order valence-corrected chi connectivity index (χ4v) is 2.11. The standard InChI is InChI=1S/C18H26O5/c1-6-11(2)18(21)12(3)7-8-15(20)13(4)16-9-14(19)10-17(22-5)23-16/h6-10,12-13,15,18,20-21H,1-5H3/t12-,13+,15-,18-/m0/s1. The Balaban J connectivity index is 2.85. The molecule has 0 aliphatic carbocycles. The van der Waals surface area contributed by atoms with Crippen LogP contribution in [0.2, 0.25) is 0 Å². The maximum Gasteiger partial charge on any atom is 0.288 e. The molecule has 0 bridgehead atoms. The highest BCUT2D eigenvalue weighted by molar-refractivity contribution is 5.16. The van der Waals surface area contributed by atoms with E-state index < -0.39 is 18.1 Å². The zero-order valence-electron chi connectivity index (χ0n) is 14.3. The van der Waals surface area contributed by atoms with E-state index in [0.29, 0.717) is 5.76 Å². The lowest BCUT2D eigenvalue weighted by Gasteiger charge is -2.18. The first-order valence-corrected chi connectivity index (χ1v) is 7.66. The van der Waals surface area contributed by atoms with Crippen molar-refractivity contribution in [2.24, 2.45) is 5.92 Å². The molecule has 0 aliphatic rings. The Hall–Kier alpha value is -1.85. The summed E-state index contributed by atoms with van der Waals surface area (Å²) in [5.41, 5.74) is 0.641. The van der Waals surface area contributed by atoms with Crippen molar-refractivity contribution in [3.63, 3.8) is 0 Å². The second kappa shape index (κ2) is 8.70. The Bertz CT molecular complexity index is 614. The molecule has 128 valence electrons. The van der Waals surface area contributed by atoms with Crippen LogP contribution >= 0.6 is 0 Å². The lowest BCUT2D eigenvalue weighted by atomic mass is 9.95. The summed E-state index contributed by atoms with van der Waals surface area (Å²) in [5, 5.41) is 20.3. The number of ether oxygens (including phenoxy) is 1. The highest BCUT2D eigenvalue weighted by Crippen LogP contribution is 2.23. The highest BCUT2D eigenvalue weighted by atomic mass is 16.6. The minimum Gasteiger partial charge on any atom is -0.468 e. The number of allylic oxidation sites excluding steroid dienone is 1. The molecular weight excluding hydrogens is 296 g/mol. The summed E-state index contributed by atoms with van der Waals surface area (Å²) in [4.78, 5) is 11.6. The van der Waals surface area contributed by atoms with Crippen LogP contribution in [0, 0.1) is 5.92 Å². The Labute approximate surface area is 136 Å². The van der Waals surface area contributed by atoms with Gasteiger partial charge in [-0.1, -0.05) is 32.1 Å². The Morgan fingerprint density at radius 3 is 2.48 bits per heavy atom. The molecule has 23 heavy (non-hydrogen) atoms. The summed E-state index contributed by atoms with van der Waals surface area (Å²) in [6.45, 7) is 7.36. The van der Waals surface area contributed by atoms with Gasteiger partial charge in [-0.05, 0) is 19.4 Å². The minimum absolute atomic E-state index is 0.114. The van der Waals surface area contributed by atoms with E-state index in [-0.39, 0.29) is 17.3 Å². The predicted octanol–water partition coefficient (Wildman–Crippen LogP) is 2.63. The number of aliphatic hydroxyl groups is 2. The molecule has 0 saturated carbocycles. The predicted molar refractivity (Wildman–Crippen MR) is 89.7 cm³/mol. The van der Waals surface area contributed by atoms with Crippen molar-refractivity contribution in [1.29, 1.82) is 0 Å². The fraction of sp³-hybridized carbons (Fsp3) is 0.500. The van der Waals surface area contributed by atoms with Gasteiger partial charge in [0.25, 0.3) is 5.95 Å². The molecule has 1 aromatic rings. The first-order chi connectivity index (χ1) is 10.8. The number of methoxy groups -OCH3 is 1. The molecule has 0 saturated heterocycles. The lowest BCUT2D eigenvalue weighted by molar-refractivity contribution is 0.165. The zero-order chi connectivity index (χ0) is 17.6. The zero-order valence-corrected chi connectivity index (χ0v) is 14.3. The third-order valence-electron chi connectivity index (χ3n) is 3.96. The molecule has 2 N–H and O–H groups in total. The summed E-state index contributed by atoms with van der Waals surface area (Å²) < 4.78 is 10.4. The van der Waals surface area contributed by atoms with Crippen molar-refractivity contribution < 1.29 is 19.4 Å². The third kappa shape index (κ3) is 5.37. The van der Waals surface area contributed by atoms with Crippen molar-refractivity contribution in [1.82, 2.24) is 0 Å². The van der Waals surface area contributed by atoms with Crippen LogP contribution in [0.4, 0.5) is 0 Å². The largest absolute Gasteiger partial charge is 0.468 e. The molecule has 0 aliphatic heterocycles. The van der Waals surface area contributed by atoms with E-state index in [4.69, 9.17) is 9.15 Å². The third-order valence-corrected chi connectivity index (χ3v) is 3.96. The molecular formula is C18H26O5. The number of rotatable bonds is 7. The second-order valence-electron chi connectivity index (χ2n) is 5.72. The van der Waals surface area contributed by atoms with Gasteiger partial charge in [0.15, 0.2) is 5.43 Å². The molecule has 0 radical (unpaired) electrons. The van der Waals surface area contributed by atoms with E-state index in [1.54, 1.807) is 19.1 Å². The van der Waals surface area contributed by atoms with Crippen LogP contribution in [0.15, 0.2) is 45.1 Å². The summed E-state index contributed by atoms with van der Waals surface area (Å²) >= 11 is 0. The maximum atomic E-state index is 11.6. The molecule has 1 rings (SSSR count). The molecule has 1 aromatic heterocycles. The molecule has 5 heteroatoms. The van der Waals surface area contributed by atoms with Crippen LogP contribution in [0.5, 0.6) is 5.95 Å². The van der Waals surface area contributed by atoms with Crippen LogP contribution in [-0.2, 0) is 0 Å². The average Bonchev–Trinajstić information content (AvgIpc) is 2.56. The van der Waals surface area contributed by atoms with Crippen molar-refractivity contribution >= 4 is 0 Å². The summed E-state index contributed by atoms with van der Waals surface area (Å²) in [7, 11) is 1.41. The first-order valence-electron chi connectivity index (χ1n) is 7.66. The van der Waals surface area contributed by atoms with E-state index in [9.17, 15) is 15.0 Å². The number of aliphatic hydroxyl groups excluding tert-OH is 2. The van der Waals surface area contributed by atoms with Gasteiger partial charge in [0.1, 0.15) is 5.76 Å². The van der Waals surface area contributed by atoms with Crippen LogP contribution < -0.4 is 10.2 Å². The highest BCUT2D eigenvalue weighted by Gasteiger charge is 2.19. The molecule has 1 heterocycles. The summed E-state index contributed by atoms with van der Waals surface area (Å²) in [6, 6.07) is 2.59. The van der Waals surface area contributed by atoms with Gasteiger partial charge in [0, 0.05) is 17.9 Å². The average molecular weight is 322 g/mol. The quantitative estimate of drug-likeness (QED) is 0.754. The van der Waals surface area contributed by atoms with Crippen LogP contribution in [0.1, 0.15) is 39.4 Å². The number of hydrogen-bond acceptors (Lipinski definition) is 5. The summed E-state index contributed by atoms with van der Waals surface area (Å²) in [5.74, 6) is -0.0843. The summed E-state index contributed by atoms with van der Waals surface area (Å²) in [6.07, 6.45) is 3.80. The topological polar surface area (TPSA) is 79.9 Å². The molecule has 4 atom stereocenters. The van der Waals surface area contributed by atoms with Crippen molar-refractivity contribution in [3.05, 3.63) is 51.9 Å². The van der Waals surface area contributed by atoms with Crippen molar-refractivity contribution in [2.75, 3.05) is 7.11 Å². The fourth-order valence-electron chi connectivity index (χ4n) is 2.11. The van der Waals surface area contributed by atoms with Gasteiger partial charge in [-0.2, -0.15) is 0 Å². The molecule has 0 amide bonds. The van der Waals surface area contributed by atoms with E-state index in [1.165, 1.54) is 19.2 Å². The van der Waals surface area contributed by atoms with Crippen LogP contribution in [0.3, 0.4) is 0 Å². The van der Waals surface area contributed by atoms with Gasteiger partial charge in [0.05, 0.1) is 25.4 Å². The smallest absolute Gasteiger partial charge is 0.288 e. The van der Waals surface area contributed by atoms with E-state index in [1.807, 2.05) is 26.8 Å². The first kappa shape index (κ1) is 19.2. The maximum absolute atomic E-state index is 11.6. The Kier molecular flexibility index (Phi) is 7.26. The van der Waals surface area contributed by atoms with Gasteiger partial charge < -0.3 is 19.4 Å². The van der Waals surface area contributed by atoms with Crippen molar-refractivity contribution in [3.8, 4) is 5.95 Å². The normalized spacial score (nSPS) is 17.8. The van der Waals surface area contributed by atoms with Crippen LogP contribution in [-0.4, -0.2) is 29.5 Å². The molecule has 0 aromatic carbocycles. The van der Waals surface area contributed by atoms with E-state index in [0.717, 1.165) is 5.57 Å². The van der Waals surface area contributed by atoms with Crippen LogP contribution in [0.25, 0.3) is 0 Å². The van der Waals surface area contributed by atoms with Gasteiger partial charge >= 0.3 is 0 Å². The van der Waals surface area contributed by atoms with Gasteiger partial charge in [-0.25, -0.2) is 0 Å². The SMILES string of the molecule is CC=C(C)[C@H](O)[C@@H](C)C=C[C@H](O)[C@@H](C)c1cc(=O)cc(OC)o1. The Morgan fingerprint density at radius 2 is 1.91 bits per heavy atom. The van der Waals surface area contributed by atoms with Crippen molar-refractivity contribution in [2.45, 2.75) is 45.8 Å². The molecule has 5 nitrogen and oxygen atoms in total. The van der Waals surface area contributed by atoms with E-state index >= 15 is 0 Å². The number of hydrogen-bond donors (Lipinski definition) is 2. The van der Waals surface area contributed by atoms with Gasteiger partial charge in [-0.3, -0.25) is 4.79 Å². The molecule has 0 unspecified atom stereocenters. The lowest BCUT2D eigenvalue weighted by Crippen LogP contribution is -2.19.